The number of nitrogens with zero attached hydrogens (tertiary/aromatic N) is 1. The van der Waals surface area contributed by atoms with Crippen molar-refractivity contribution < 1.29 is 9.66 Å². The van der Waals surface area contributed by atoms with Crippen LogP contribution in [0.25, 0.3) is 0 Å². The van der Waals surface area contributed by atoms with E-state index in [-0.39, 0.29) is 11.5 Å². The number of nitrogens with two attached hydrogens (primary N) is 1. The van der Waals surface area contributed by atoms with Crippen LogP contribution in [0.15, 0.2) is 46.9 Å². The fraction of sp³-hybridized carbons (Fsp3) is 0. The highest BCUT2D eigenvalue weighted by molar-refractivity contribution is 9.10. The second-order valence-electron chi connectivity index (χ2n) is 3.91. The second kappa shape index (κ2) is 5.70. The predicted molar refractivity (Wildman–Crippen MR) is 78.3 cm³/mol. The quantitative estimate of drug-likeness (QED) is 0.386. The Kier molecular flexibility index (Phi) is 3.99. The van der Waals surface area contributed by atoms with Crippen LogP contribution in [0.2, 0.25) is 0 Å². The van der Waals surface area contributed by atoms with Gasteiger partial charge in [0.15, 0.2) is 0 Å². The molecule has 3 N–H and O–H groups in total. The Hall–Kier alpha value is -2.41. The molecule has 2 aromatic carbocycles. The van der Waals surface area contributed by atoms with Crippen molar-refractivity contribution in [2.75, 3.05) is 0 Å². The minimum Gasteiger partial charge on any atom is -0.457 e. The first-order valence-electron chi connectivity index (χ1n) is 5.53. The molecule has 0 atom stereocenters. The van der Waals surface area contributed by atoms with E-state index in [2.05, 4.69) is 15.9 Å². The van der Waals surface area contributed by atoms with Gasteiger partial charge in [-0.1, -0.05) is 15.9 Å². The number of hydrogen-bond acceptors (Lipinski definition) is 4. The van der Waals surface area contributed by atoms with Gasteiger partial charge < -0.3 is 10.5 Å². The summed E-state index contributed by atoms with van der Waals surface area (Å²) < 4.78 is 6.37. The lowest BCUT2D eigenvalue weighted by Gasteiger charge is -2.10. The first-order valence-corrected chi connectivity index (χ1v) is 6.33. The van der Waals surface area contributed by atoms with Crippen molar-refractivity contribution in [3.8, 4) is 11.5 Å². The minimum atomic E-state index is -0.482. The van der Waals surface area contributed by atoms with Crippen LogP contribution in [0.5, 0.6) is 11.5 Å². The molecule has 0 heterocycles. The molecule has 6 nitrogen and oxygen atoms in total. The van der Waals surface area contributed by atoms with Crippen LogP contribution in [0.3, 0.4) is 0 Å². The van der Waals surface area contributed by atoms with Gasteiger partial charge in [0.2, 0.25) is 0 Å². The summed E-state index contributed by atoms with van der Waals surface area (Å²) in [5.41, 5.74) is 5.92. The van der Waals surface area contributed by atoms with Gasteiger partial charge in [0.05, 0.1) is 10.5 Å². The van der Waals surface area contributed by atoms with E-state index in [9.17, 15) is 10.1 Å². The van der Waals surface area contributed by atoms with Crippen LogP contribution in [0.1, 0.15) is 5.56 Å². The largest absolute Gasteiger partial charge is 0.457 e. The van der Waals surface area contributed by atoms with E-state index in [0.29, 0.717) is 17.1 Å². The van der Waals surface area contributed by atoms with Crippen LogP contribution in [0, 0.1) is 15.5 Å². The number of nitrogen functional groups attached to an aromatic ring is 1. The van der Waals surface area contributed by atoms with Crippen LogP contribution >= 0.6 is 15.9 Å². The Balaban J connectivity index is 2.30. The van der Waals surface area contributed by atoms with E-state index in [4.69, 9.17) is 15.9 Å². The number of non-ortho nitro benzene ring substituents is 1. The highest BCUT2D eigenvalue weighted by Crippen LogP contribution is 2.28. The van der Waals surface area contributed by atoms with Crippen molar-refractivity contribution in [1.29, 1.82) is 5.41 Å². The molecule has 102 valence electrons. The van der Waals surface area contributed by atoms with E-state index >= 15 is 0 Å². The topological polar surface area (TPSA) is 102 Å². The van der Waals surface area contributed by atoms with E-state index in [1.165, 1.54) is 24.3 Å². The Labute approximate surface area is 123 Å². The van der Waals surface area contributed by atoms with Crippen molar-refractivity contribution in [1.82, 2.24) is 0 Å². The number of ether oxygens (including phenoxy) is 1. The van der Waals surface area contributed by atoms with Gasteiger partial charge in [-0.15, -0.1) is 0 Å². The third-order valence-corrected chi connectivity index (χ3v) is 3.00. The number of nitrogens with one attached hydrogen (secondary N) is 1. The fourth-order valence-corrected chi connectivity index (χ4v) is 1.93. The van der Waals surface area contributed by atoms with Crippen molar-refractivity contribution in [3.05, 3.63) is 62.6 Å². The zero-order valence-corrected chi connectivity index (χ0v) is 11.8. The minimum absolute atomic E-state index is 0.0139. The normalized spacial score (nSPS) is 10.1. The van der Waals surface area contributed by atoms with E-state index in [1.807, 2.05) is 0 Å². The summed E-state index contributed by atoms with van der Waals surface area (Å²) in [4.78, 5) is 10.1. The molecule has 0 spiro atoms. The number of nitro benzene ring substituents is 1. The molecular formula is C13H10BrN3O3. The summed E-state index contributed by atoms with van der Waals surface area (Å²) in [6, 6.07) is 10.8. The average Bonchev–Trinajstić information content (AvgIpc) is 2.41. The van der Waals surface area contributed by atoms with E-state index < -0.39 is 4.92 Å². The molecule has 0 fully saturated rings. The van der Waals surface area contributed by atoms with E-state index in [0.717, 1.165) is 4.47 Å². The van der Waals surface area contributed by atoms with Crippen LogP contribution in [-0.2, 0) is 0 Å². The van der Waals surface area contributed by atoms with E-state index in [1.54, 1.807) is 18.2 Å². The molecule has 0 amide bonds. The number of hydrogen-bond donors (Lipinski definition) is 2. The van der Waals surface area contributed by atoms with Gasteiger partial charge >= 0.3 is 0 Å². The molecule has 0 aliphatic rings. The van der Waals surface area contributed by atoms with Crippen molar-refractivity contribution >= 4 is 27.5 Å². The van der Waals surface area contributed by atoms with Crippen molar-refractivity contribution in [2.24, 2.45) is 5.73 Å². The Morgan fingerprint density at radius 3 is 2.45 bits per heavy atom. The molecule has 0 aromatic heterocycles. The smallest absolute Gasteiger partial charge is 0.269 e. The average molecular weight is 336 g/mol. The molecule has 0 aliphatic carbocycles. The molecule has 2 rings (SSSR count). The molecule has 7 heteroatoms. The Morgan fingerprint density at radius 2 is 1.90 bits per heavy atom. The summed E-state index contributed by atoms with van der Waals surface area (Å²) in [6.45, 7) is 0. The lowest BCUT2D eigenvalue weighted by atomic mass is 10.2. The van der Waals surface area contributed by atoms with Gasteiger partial charge in [-0.25, -0.2) is 0 Å². The number of rotatable bonds is 4. The standard InChI is InChI=1S/C13H10BrN3O3/c14-8-1-6-12(11(7-8)13(15)16)20-10-4-2-9(3-5-10)17(18)19/h1-7H,(H3,15,16). The monoisotopic (exact) mass is 335 g/mol. The number of halogens is 1. The third kappa shape index (κ3) is 3.12. The van der Waals surface area contributed by atoms with Gasteiger partial charge in [0.25, 0.3) is 5.69 Å². The maximum absolute atomic E-state index is 10.6. The number of nitro groups is 1. The predicted octanol–water partition coefficient (Wildman–Crippen LogP) is 3.43. The zero-order chi connectivity index (χ0) is 14.7. The van der Waals surface area contributed by atoms with Crippen LogP contribution < -0.4 is 10.5 Å². The van der Waals surface area contributed by atoms with Crippen LogP contribution in [-0.4, -0.2) is 10.8 Å². The Bertz CT molecular complexity index is 671. The van der Waals surface area contributed by atoms with Crippen LogP contribution in [0.4, 0.5) is 5.69 Å². The lowest BCUT2D eigenvalue weighted by molar-refractivity contribution is -0.384. The molecule has 0 unspecified atom stereocenters. The molecule has 0 bridgehead atoms. The fourth-order valence-electron chi connectivity index (χ4n) is 1.56. The molecule has 0 saturated heterocycles. The molecule has 0 saturated carbocycles. The first-order chi connectivity index (χ1) is 9.47. The molecular weight excluding hydrogens is 326 g/mol. The lowest BCUT2D eigenvalue weighted by Crippen LogP contribution is -2.12. The summed E-state index contributed by atoms with van der Waals surface area (Å²) in [7, 11) is 0. The van der Waals surface area contributed by atoms with Gasteiger partial charge in [0, 0.05) is 16.6 Å². The van der Waals surface area contributed by atoms with Crippen molar-refractivity contribution in [3.63, 3.8) is 0 Å². The summed E-state index contributed by atoms with van der Waals surface area (Å²) in [6.07, 6.45) is 0. The van der Waals surface area contributed by atoms with Gasteiger partial charge in [-0.05, 0) is 30.3 Å². The summed E-state index contributed by atoms with van der Waals surface area (Å²) in [5, 5.41) is 18.1. The summed E-state index contributed by atoms with van der Waals surface area (Å²) >= 11 is 3.29. The SMILES string of the molecule is N=C(N)c1cc(Br)ccc1Oc1ccc([N+](=O)[O-])cc1. The molecule has 0 radical (unpaired) electrons. The molecule has 0 aliphatic heterocycles. The highest BCUT2D eigenvalue weighted by atomic mass is 79.9. The summed E-state index contributed by atoms with van der Waals surface area (Å²) in [5.74, 6) is 0.721. The number of benzene rings is 2. The maximum atomic E-state index is 10.6. The second-order valence-corrected chi connectivity index (χ2v) is 4.82. The first kappa shape index (κ1) is 14.0. The Morgan fingerprint density at radius 1 is 1.25 bits per heavy atom. The van der Waals surface area contributed by atoms with Crippen molar-refractivity contribution in [2.45, 2.75) is 0 Å². The number of amidine groups is 1. The molecule has 20 heavy (non-hydrogen) atoms. The third-order valence-electron chi connectivity index (χ3n) is 2.51. The highest BCUT2D eigenvalue weighted by Gasteiger charge is 2.10. The molecule has 2 aromatic rings. The zero-order valence-electron chi connectivity index (χ0n) is 10.2. The van der Waals surface area contributed by atoms with Gasteiger partial charge in [-0.2, -0.15) is 0 Å². The van der Waals surface area contributed by atoms with Gasteiger partial charge in [-0.3, -0.25) is 15.5 Å². The maximum Gasteiger partial charge on any atom is 0.269 e. The van der Waals surface area contributed by atoms with Gasteiger partial charge in [0.1, 0.15) is 17.3 Å².